The van der Waals surface area contributed by atoms with E-state index in [1.54, 1.807) is 12.1 Å². The van der Waals surface area contributed by atoms with Crippen LogP contribution in [0.3, 0.4) is 0 Å². The summed E-state index contributed by atoms with van der Waals surface area (Å²) < 4.78 is 5.03. The van der Waals surface area contributed by atoms with Gasteiger partial charge in [-0.3, -0.25) is 0 Å². The van der Waals surface area contributed by atoms with E-state index in [4.69, 9.17) is 15.9 Å². The molecule has 4 N–H and O–H groups in total. The van der Waals surface area contributed by atoms with Crippen LogP contribution < -0.4 is 11.5 Å². The maximum atomic E-state index is 5.69. The predicted octanol–water partition coefficient (Wildman–Crippen LogP) is 0.901. The number of anilines is 2. The van der Waals surface area contributed by atoms with Crippen molar-refractivity contribution in [3.8, 4) is 11.5 Å². The number of hydrogen-bond donors (Lipinski definition) is 2. The lowest BCUT2D eigenvalue weighted by Crippen LogP contribution is -1.88. The molecule has 0 fully saturated rings. The summed E-state index contributed by atoms with van der Waals surface area (Å²) in [6, 6.07) is 7.26. The lowest BCUT2D eigenvalue weighted by molar-refractivity contribution is 0.590. The zero-order valence-electron chi connectivity index (χ0n) is 6.77. The largest absolute Gasteiger partial charge is 0.403 e. The number of aromatic nitrogens is 2. The topological polar surface area (TPSA) is 91.0 Å². The Kier molecular flexibility index (Phi) is 1.63. The average molecular weight is 176 g/mol. The van der Waals surface area contributed by atoms with E-state index in [-0.39, 0.29) is 6.01 Å². The molecule has 0 saturated carbocycles. The SMILES string of the molecule is Nc1nnc(-c2ccccc2N)o1. The minimum atomic E-state index is 0.0400. The van der Waals surface area contributed by atoms with Gasteiger partial charge in [0.1, 0.15) is 0 Å². The highest BCUT2D eigenvalue weighted by Gasteiger charge is 2.08. The van der Waals surface area contributed by atoms with Crippen LogP contribution in [0, 0.1) is 0 Å². The molecule has 0 amide bonds. The fourth-order valence-electron chi connectivity index (χ4n) is 1.04. The Morgan fingerprint density at radius 2 is 1.85 bits per heavy atom. The van der Waals surface area contributed by atoms with Crippen LogP contribution in [-0.4, -0.2) is 10.2 Å². The zero-order chi connectivity index (χ0) is 9.26. The summed E-state index contributed by atoms with van der Waals surface area (Å²) in [6.07, 6.45) is 0. The maximum absolute atomic E-state index is 5.69. The lowest BCUT2D eigenvalue weighted by Gasteiger charge is -1.97. The van der Waals surface area contributed by atoms with Crippen molar-refractivity contribution in [3.05, 3.63) is 24.3 Å². The molecule has 0 saturated heterocycles. The Bertz CT molecular complexity index is 424. The molecule has 0 aliphatic heterocycles. The third kappa shape index (κ3) is 1.31. The second kappa shape index (κ2) is 2.78. The first-order valence-electron chi connectivity index (χ1n) is 3.71. The summed E-state index contributed by atoms with van der Waals surface area (Å²) in [6.45, 7) is 0. The van der Waals surface area contributed by atoms with Crippen molar-refractivity contribution in [1.29, 1.82) is 0 Å². The third-order valence-electron chi connectivity index (χ3n) is 1.63. The van der Waals surface area contributed by atoms with Crippen molar-refractivity contribution in [3.63, 3.8) is 0 Å². The third-order valence-corrected chi connectivity index (χ3v) is 1.63. The molecule has 2 rings (SSSR count). The molecule has 0 aliphatic rings. The fraction of sp³-hybridized carbons (Fsp3) is 0. The van der Waals surface area contributed by atoms with Gasteiger partial charge < -0.3 is 15.9 Å². The normalized spacial score (nSPS) is 10.2. The Labute approximate surface area is 74.4 Å². The van der Waals surface area contributed by atoms with Crippen molar-refractivity contribution in [2.45, 2.75) is 0 Å². The summed E-state index contributed by atoms with van der Waals surface area (Å²) in [7, 11) is 0. The van der Waals surface area contributed by atoms with Crippen LogP contribution in [0.1, 0.15) is 0 Å². The van der Waals surface area contributed by atoms with Crippen LogP contribution >= 0.6 is 0 Å². The highest BCUT2D eigenvalue weighted by atomic mass is 16.4. The van der Waals surface area contributed by atoms with Crippen molar-refractivity contribution in [2.75, 3.05) is 11.5 Å². The van der Waals surface area contributed by atoms with E-state index in [1.165, 1.54) is 0 Å². The van der Waals surface area contributed by atoms with Crippen molar-refractivity contribution >= 4 is 11.7 Å². The van der Waals surface area contributed by atoms with Gasteiger partial charge in [0.05, 0.1) is 5.56 Å². The van der Waals surface area contributed by atoms with E-state index in [2.05, 4.69) is 10.2 Å². The van der Waals surface area contributed by atoms with Crippen molar-refractivity contribution < 1.29 is 4.42 Å². The van der Waals surface area contributed by atoms with Gasteiger partial charge in [0.25, 0.3) is 5.89 Å². The first-order chi connectivity index (χ1) is 6.27. The number of nitrogen functional groups attached to an aromatic ring is 2. The second-order valence-corrected chi connectivity index (χ2v) is 2.53. The van der Waals surface area contributed by atoms with Crippen LogP contribution in [-0.2, 0) is 0 Å². The van der Waals surface area contributed by atoms with Crippen LogP contribution in [0.15, 0.2) is 28.7 Å². The van der Waals surface area contributed by atoms with Gasteiger partial charge in [-0.25, -0.2) is 0 Å². The van der Waals surface area contributed by atoms with Gasteiger partial charge >= 0.3 is 6.01 Å². The van der Waals surface area contributed by atoms with Crippen LogP contribution in [0.2, 0.25) is 0 Å². The molecule has 1 aromatic carbocycles. The Morgan fingerprint density at radius 3 is 2.46 bits per heavy atom. The summed E-state index contributed by atoms with van der Waals surface area (Å²) in [5.74, 6) is 0.343. The summed E-state index contributed by atoms with van der Waals surface area (Å²) in [4.78, 5) is 0. The first-order valence-corrected chi connectivity index (χ1v) is 3.71. The molecule has 0 unspecified atom stereocenters. The molecule has 5 heteroatoms. The minimum absolute atomic E-state index is 0.0400. The molecule has 66 valence electrons. The summed E-state index contributed by atoms with van der Waals surface area (Å²) in [5.41, 5.74) is 12.3. The van der Waals surface area contributed by atoms with E-state index in [0.29, 0.717) is 17.1 Å². The molecule has 13 heavy (non-hydrogen) atoms. The zero-order valence-corrected chi connectivity index (χ0v) is 6.77. The van der Waals surface area contributed by atoms with Crippen LogP contribution in [0.4, 0.5) is 11.7 Å². The Morgan fingerprint density at radius 1 is 1.08 bits per heavy atom. The highest BCUT2D eigenvalue weighted by molar-refractivity contribution is 5.69. The Balaban J connectivity index is 2.52. The van der Waals surface area contributed by atoms with E-state index in [1.807, 2.05) is 12.1 Å². The molecule has 0 spiro atoms. The number of benzene rings is 1. The molecule has 1 heterocycles. The fourth-order valence-corrected chi connectivity index (χ4v) is 1.04. The standard InChI is InChI=1S/C8H8N4O/c9-6-4-2-1-3-5(6)7-11-12-8(10)13-7/h1-4H,9H2,(H2,10,12). The second-order valence-electron chi connectivity index (χ2n) is 2.53. The molecule has 0 radical (unpaired) electrons. The molecule has 2 aromatic rings. The average Bonchev–Trinajstić information content (AvgIpc) is 2.53. The van der Waals surface area contributed by atoms with Gasteiger partial charge in [0.2, 0.25) is 0 Å². The van der Waals surface area contributed by atoms with Crippen molar-refractivity contribution in [2.24, 2.45) is 0 Å². The number of hydrogen-bond acceptors (Lipinski definition) is 5. The van der Waals surface area contributed by atoms with Gasteiger partial charge in [-0.15, -0.1) is 5.10 Å². The number of nitrogens with zero attached hydrogens (tertiary/aromatic N) is 2. The molecule has 0 atom stereocenters. The molecule has 1 aromatic heterocycles. The number of para-hydroxylation sites is 1. The van der Waals surface area contributed by atoms with Gasteiger partial charge in [0.15, 0.2) is 0 Å². The smallest absolute Gasteiger partial charge is 0.313 e. The summed E-state index contributed by atoms with van der Waals surface area (Å²) >= 11 is 0. The quantitative estimate of drug-likeness (QED) is 0.630. The van der Waals surface area contributed by atoms with Crippen LogP contribution in [0.25, 0.3) is 11.5 Å². The summed E-state index contributed by atoms with van der Waals surface area (Å²) in [5, 5.41) is 7.26. The maximum Gasteiger partial charge on any atom is 0.313 e. The monoisotopic (exact) mass is 176 g/mol. The van der Waals surface area contributed by atoms with Crippen LogP contribution in [0.5, 0.6) is 0 Å². The molecular weight excluding hydrogens is 168 g/mol. The Hall–Kier alpha value is -2.04. The van der Waals surface area contributed by atoms with E-state index in [0.717, 1.165) is 0 Å². The highest BCUT2D eigenvalue weighted by Crippen LogP contribution is 2.24. The van der Waals surface area contributed by atoms with E-state index >= 15 is 0 Å². The molecule has 5 nitrogen and oxygen atoms in total. The van der Waals surface area contributed by atoms with E-state index in [9.17, 15) is 0 Å². The van der Waals surface area contributed by atoms with Gasteiger partial charge in [-0.05, 0) is 12.1 Å². The first kappa shape index (κ1) is 7.60. The molecule has 0 bridgehead atoms. The molecule has 0 aliphatic carbocycles. The van der Waals surface area contributed by atoms with E-state index < -0.39 is 0 Å². The number of rotatable bonds is 1. The molecular formula is C8H8N4O. The van der Waals surface area contributed by atoms with Gasteiger partial charge in [-0.2, -0.15) is 0 Å². The minimum Gasteiger partial charge on any atom is -0.403 e. The number of nitrogens with two attached hydrogens (primary N) is 2. The van der Waals surface area contributed by atoms with Gasteiger partial charge in [-0.1, -0.05) is 17.2 Å². The van der Waals surface area contributed by atoms with Crippen molar-refractivity contribution in [1.82, 2.24) is 10.2 Å². The van der Waals surface area contributed by atoms with Gasteiger partial charge in [0, 0.05) is 5.69 Å². The predicted molar refractivity (Wildman–Crippen MR) is 48.6 cm³/mol. The lowest BCUT2D eigenvalue weighted by atomic mass is 10.2.